The number of rotatable bonds is 4. The zero-order valence-corrected chi connectivity index (χ0v) is 15.3. The number of benzene rings is 1. The highest BCUT2D eigenvalue weighted by Gasteiger charge is 2.38. The standard InChI is InChI=1S/C17H17ClN2O6/c1-8-13(16(21)25-3)15(14(9(2)19-8)17(22)26-4)10-5-6-11(18)12(7-10)20(23)24/h5-7,15,19H,1-4H3. The summed E-state index contributed by atoms with van der Waals surface area (Å²) in [6, 6.07) is 4.12. The van der Waals surface area contributed by atoms with E-state index in [1.165, 1.54) is 32.4 Å². The minimum absolute atomic E-state index is 0.0478. The molecule has 2 rings (SSSR count). The highest BCUT2D eigenvalue weighted by molar-refractivity contribution is 6.32. The Morgan fingerprint density at radius 2 is 1.62 bits per heavy atom. The first-order valence-corrected chi connectivity index (χ1v) is 7.89. The van der Waals surface area contributed by atoms with Crippen molar-refractivity contribution in [3.63, 3.8) is 0 Å². The van der Waals surface area contributed by atoms with Gasteiger partial charge in [-0.1, -0.05) is 17.7 Å². The first-order valence-electron chi connectivity index (χ1n) is 7.51. The number of allylic oxidation sites excluding steroid dienone is 2. The van der Waals surface area contributed by atoms with Crippen LogP contribution < -0.4 is 5.32 Å². The van der Waals surface area contributed by atoms with Gasteiger partial charge in [-0.15, -0.1) is 0 Å². The molecule has 0 saturated carbocycles. The number of nitro groups is 1. The number of ether oxygens (including phenoxy) is 2. The van der Waals surface area contributed by atoms with Gasteiger partial charge in [0, 0.05) is 17.5 Å². The molecule has 0 saturated heterocycles. The van der Waals surface area contributed by atoms with E-state index in [0.29, 0.717) is 17.0 Å². The lowest BCUT2D eigenvalue weighted by Crippen LogP contribution is -2.32. The van der Waals surface area contributed by atoms with Gasteiger partial charge in [-0.3, -0.25) is 10.1 Å². The Morgan fingerprint density at radius 1 is 1.12 bits per heavy atom. The summed E-state index contributed by atoms with van der Waals surface area (Å²) < 4.78 is 9.68. The molecule has 0 bridgehead atoms. The number of dihydropyridines is 1. The van der Waals surface area contributed by atoms with Crippen LogP contribution in [0.2, 0.25) is 5.02 Å². The van der Waals surface area contributed by atoms with Crippen LogP contribution in [0.3, 0.4) is 0 Å². The van der Waals surface area contributed by atoms with E-state index in [9.17, 15) is 19.7 Å². The van der Waals surface area contributed by atoms with Crippen LogP contribution in [0, 0.1) is 10.1 Å². The molecule has 0 fully saturated rings. The summed E-state index contributed by atoms with van der Waals surface area (Å²) in [6.07, 6.45) is 0. The van der Waals surface area contributed by atoms with Crippen molar-refractivity contribution in [1.29, 1.82) is 0 Å². The van der Waals surface area contributed by atoms with Crippen LogP contribution in [0.15, 0.2) is 40.7 Å². The summed E-state index contributed by atoms with van der Waals surface area (Å²) >= 11 is 5.88. The topological polar surface area (TPSA) is 108 Å². The number of esters is 2. The number of halogens is 1. The van der Waals surface area contributed by atoms with E-state index in [1.54, 1.807) is 13.8 Å². The SMILES string of the molecule is COC(=O)C1=C(C)NC(C)=C(C(=O)OC)C1c1ccc(Cl)c([N+](=O)[O-])c1. The van der Waals surface area contributed by atoms with E-state index < -0.39 is 22.8 Å². The largest absolute Gasteiger partial charge is 0.466 e. The van der Waals surface area contributed by atoms with Crippen molar-refractivity contribution >= 4 is 29.2 Å². The van der Waals surface area contributed by atoms with Gasteiger partial charge >= 0.3 is 11.9 Å². The summed E-state index contributed by atoms with van der Waals surface area (Å²) in [4.78, 5) is 35.3. The number of nitrogens with zero attached hydrogens (tertiary/aromatic N) is 1. The van der Waals surface area contributed by atoms with Crippen LogP contribution in [-0.4, -0.2) is 31.1 Å². The van der Waals surface area contributed by atoms with Crippen LogP contribution in [0.4, 0.5) is 5.69 Å². The molecule has 138 valence electrons. The zero-order chi connectivity index (χ0) is 19.6. The van der Waals surface area contributed by atoms with Crippen LogP contribution in [-0.2, 0) is 19.1 Å². The number of methoxy groups -OCH3 is 2. The molecule has 0 amide bonds. The third kappa shape index (κ3) is 3.41. The fourth-order valence-electron chi connectivity index (χ4n) is 2.94. The Hall–Kier alpha value is -2.87. The van der Waals surface area contributed by atoms with E-state index in [2.05, 4.69) is 5.32 Å². The molecule has 0 atom stereocenters. The molecule has 0 spiro atoms. The van der Waals surface area contributed by atoms with Gasteiger partial charge in [0.2, 0.25) is 0 Å². The average molecular weight is 381 g/mol. The summed E-state index contributed by atoms with van der Waals surface area (Å²) in [7, 11) is 2.43. The zero-order valence-electron chi connectivity index (χ0n) is 14.6. The number of nitrogens with one attached hydrogen (secondary N) is 1. The van der Waals surface area contributed by atoms with E-state index >= 15 is 0 Å². The third-order valence-corrected chi connectivity index (χ3v) is 4.39. The van der Waals surface area contributed by atoms with Crippen molar-refractivity contribution in [3.8, 4) is 0 Å². The predicted octanol–water partition coefficient (Wildman–Crippen LogP) is 2.83. The molecule has 1 aliphatic heterocycles. The molecule has 1 heterocycles. The van der Waals surface area contributed by atoms with Crippen molar-refractivity contribution < 1.29 is 24.0 Å². The van der Waals surface area contributed by atoms with E-state index in [4.69, 9.17) is 21.1 Å². The highest BCUT2D eigenvalue weighted by atomic mass is 35.5. The molecule has 0 unspecified atom stereocenters. The molecule has 9 heteroatoms. The maximum Gasteiger partial charge on any atom is 0.336 e. The first-order chi connectivity index (χ1) is 12.2. The minimum Gasteiger partial charge on any atom is -0.466 e. The summed E-state index contributed by atoms with van der Waals surface area (Å²) in [5.74, 6) is -2.22. The lowest BCUT2D eigenvalue weighted by atomic mass is 9.80. The Bertz CT molecular complexity index is 821. The van der Waals surface area contributed by atoms with Gasteiger partial charge in [-0.25, -0.2) is 9.59 Å². The number of nitro benzene ring substituents is 1. The number of carbonyl (C=O) groups is 2. The van der Waals surface area contributed by atoms with E-state index in [0.717, 1.165) is 0 Å². The van der Waals surface area contributed by atoms with Gasteiger partial charge in [-0.05, 0) is 25.5 Å². The third-order valence-electron chi connectivity index (χ3n) is 4.07. The van der Waals surface area contributed by atoms with Crippen LogP contribution in [0.5, 0.6) is 0 Å². The molecule has 0 aromatic heterocycles. The van der Waals surface area contributed by atoms with Crippen LogP contribution >= 0.6 is 11.6 Å². The molecule has 1 N–H and O–H groups in total. The number of hydrogen-bond donors (Lipinski definition) is 1. The molecular weight excluding hydrogens is 364 g/mol. The van der Waals surface area contributed by atoms with E-state index in [-0.39, 0.29) is 21.9 Å². The summed E-state index contributed by atoms with van der Waals surface area (Å²) in [6.45, 7) is 3.31. The maximum absolute atomic E-state index is 12.4. The summed E-state index contributed by atoms with van der Waals surface area (Å²) in [5.41, 5.74) is 1.30. The van der Waals surface area contributed by atoms with Crippen molar-refractivity contribution in [2.24, 2.45) is 0 Å². The quantitative estimate of drug-likeness (QED) is 0.486. The Labute approximate surface area is 154 Å². The molecule has 26 heavy (non-hydrogen) atoms. The minimum atomic E-state index is -0.896. The van der Waals surface area contributed by atoms with Crippen LogP contribution in [0.1, 0.15) is 25.3 Å². The van der Waals surface area contributed by atoms with Gasteiger partial charge in [-0.2, -0.15) is 0 Å². The number of carbonyl (C=O) groups excluding carboxylic acids is 2. The van der Waals surface area contributed by atoms with Crippen LogP contribution in [0.25, 0.3) is 0 Å². The van der Waals surface area contributed by atoms with E-state index in [1.807, 2.05) is 0 Å². The second-order valence-corrected chi connectivity index (χ2v) is 5.99. The Morgan fingerprint density at radius 3 is 2.04 bits per heavy atom. The van der Waals surface area contributed by atoms with Crippen molar-refractivity contribution in [1.82, 2.24) is 5.32 Å². The Kier molecular flexibility index (Phi) is 5.66. The molecule has 1 aromatic rings. The van der Waals surface area contributed by atoms with Gasteiger partial charge in [0.25, 0.3) is 5.69 Å². The van der Waals surface area contributed by atoms with Crippen molar-refractivity contribution in [2.45, 2.75) is 19.8 Å². The van der Waals surface area contributed by atoms with Gasteiger partial charge in [0.15, 0.2) is 0 Å². The van der Waals surface area contributed by atoms with Crippen molar-refractivity contribution in [3.05, 3.63) is 61.4 Å². The normalized spacial score (nSPS) is 14.8. The fraction of sp³-hybridized carbons (Fsp3) is 0.294. The molecular formula is C17H17ClN2O6. The molecule has 0 aliphatic carbocycles. The lowest BCUT2D eigenvalue weighted by molar-refractivity contribution is -0.384. The molecule has 0 radical (unpaired) electrons. The smallest absolute Gasteiger partial charge is 0.336 e. The fourth-order valence-corrected chi connectivity index (χ4v) is 3.12. The van der Waals surface area contributed by atoms with Crippen molar-refractivity contribution in [2.75, 3.05) is 14.2 Å². The summed E-state index contributed by atoms with van der Waals surface area (Å²) in [5, 5.41) is 14.1. The van der Waals surface area contributed by atoms with Gasteiger partial charge < -0.3 is 14.8 Å². The lowest BCUT2D eigenvalue weighted by Gasteiger charge is -2.30. The second kappa shape index (κ2) is 7.57. The van der Waals surface area contributed by atoms with Gasteiger partial charge in [0.1, 0.15) is 5.02 Å². The first kappa shape index (κ1) is 19.5. The molecule has 1 aromatic carbocycles. The predicted molar refractivity (Wildman–Crippen MR) is 93.4 cm³/mol. The monoisotopic (exact) mass is 380 g/mol. The molecule has 1 aliphatic rings. The average Bonchev–Trinajstić information content (AvgIpc) is 2.60. The maximum atomic E-state index is 12.4. The highest BCUT2D eigenvalue weighted by Crippen LogP contribution is 2.41. The number of hydrogen-bond acceptors (Lipinski definition) is 7. The second-order valence-electron chi connectivity index (χ2n) is 5.59. The Balaban J connectivity index is 2.76. The molecule has 8 nitrogen and oxygen atoms in total. The van der Waals surface area contributed by atoms with Gasteiger partial charge in [0.05, 0.1) is 36.2 Å².